The number of benzene rings is 3. The monoisotopic (exact) mass is 318 g/mol. The normalized spacial score (nSPS) is 11.2. The predicted octanol–water partition coefficient (Wildman–Crippen LogP) is 4.32. The first-order valence-electron chi connectivity index (χ1n) is 7.58. The van der Waals surface area contributed by atoms with E-state index in [-0.39, 0.29) is 17.2 Å². The summed E-state index contributed by atoms with van der Waals surface area (Å²) in [6, 6.07) is 20.9. The first-order chi connectivity index (χ1) is 11.6. The third-order valence-corrected chi connectivity index (χ3v) is 4.27. The molecule has 3 nitrogen and oxygen atoms in total. The van der Waals surface area contributed by atoms with Crippen LogP contribution in [0.25, 0.3) is 0 Å². The molecular formula is C21H18O3. The summed E-state index contributed by atoms with van der Waals surface area (Å²) < 4.78 is 0. The quantitative estimate of drug-likeness (QED) is 0.496. The van der Waals surface area contributed by atoms with Crippen molar-refractivity contribution in [1.82, 2.24) is 0 Å². The van der Waals surface area contributed by atoms with Gasteiger partial charge in [0.25, 0.3) is 0 Å². The zero-order valence-electron chi connectivity index (χ0n) is 13.1. The fourth-order valence-corrected chi connectivity index (χ4v) is 3.03. The highest BCUT2D eigenvalue weighted by molar-refractivity contribution is 5.56. The molecule has 0 fully saturated rings. The van der Waals surface area contributed by atoms with Crippen LogP contribution >= 0.6 is 0 Å². The Bertz CT molecular complexity index is 721. The van der Waals surface area contributed by atoms with Crippen LogP contribution in [0, 0.1) is 0 Å². The SMILES string of the molecule is C=CC(c1ccc(O)cc1)(c1ccc(O)cc1)c1ccc(O)cc1. The second kappa shape index (κ2) is 6.13. The minimum Gasteiger partial charge on any atom is -0.508 e. The lowest BCUT2D eigenvalue weighted by Gasteiger charge is -2.33. The van der Waals surface area contributed by atoms with Gasteiger partial charge in [0.15, 0.2) is 0 Å². The lowest BCUT2D eigenvalue weighted by atomic mass is 9.69. The number of rotatable bonds is 4. The van der Waals surface area contributed by atoms with E-state index in [9.17, 15) is 15.3 Å². The summed E-state index contributed by atoms with van der Waals surface area (Å²) in [7, 11) is 0. The summed E-state index contributed by atoms with van der Waals surface area (Å²) >= 11 is 0. The van der Waals surface area contributed by atoms with E-state index in [0.29, 0.717) is 0 Å². The summed E-state index contributed by atoms with van der Waals surface area (Å²) in [6.45, 7) is 4.04. The zero-order chi connectivity index (χ0) is 17.2. The van der Waals surface area contributed by atoms with Crippen LogP contribution in [0.5, 0.6) is 17.2 Å². The first-order valence-corrected chi connectivity index (χ1v) is 7.58. The lowest BCUT2D eigenvalue weighted by molar-refractivity contribution is 0.475. The van der Waals surface area contributed by atoms with E-state index in [4.69, 9.17) is 0 Å². The summed E-state index contributed by atoms with van der Waals surface area (Å²) in [4.78, 5) is 0. The van der Waals surface area contributed by atoms with E-state index < -0.39 is 5.41 Å². The Morgan fingerprint density at radius 2 is 0.792 bits per heavy atom. The molecule has 3 aromatic carbocycles. The maximum absolute atomic E-state index is 9.62. The molecule has 3 rings (SSSR count). The highest BCUT2D eigenvalue weighted by Crippen LogP contribution is 2.41. The minimum absolute atomic E-state index is 0.188. The summed E-state index contributed by atoms with van der Waals surface area (Å²) in [6.07, 6.45) is 1.83. The predicted molar refractivity (Wildman–Crippen MR) is 94.4 cm³/mol. The summed E-state index contributed by atoms with van der Waals surface area (Å²) in [5.74, 6) is 0.564. The van der Waals surface area contributed by atoms with Gasteiger partial charge in [0.05, 0.1) is 5.41 Å². The van der Waals surface area contributed by atoms with Crippen LogP contribution in [-0.4, -0.2) is 15.3 Å². The minimum atomic E-state index is -0.672. The molecule has 0 bridgehead atoms. The van der Waals surface area contributed by atoms with Gasteiger partial charge in [-0.1, -0.05) is 42.5 Å². The van der Waals surface area contributed by atoms with Gasteiger partial charge in [-0.2, -0.15) is 0 Å². The molecular weight excluding hydrogens is 300 g/mol. The van der Waals surface area contributed by atoms with E-state index >= 15 is 0 Å². The van der Waals surface area contributed by atoms with E-state index in [1.54, 1.807) is 36.4 Å². The molecule has 3 N–H and O–H groups in total. The standard InChI is InChI=1S/C21H18O3/c1-2-21(15-3-9-18(22)10-4-15,16-5-11-19(23)12-6-16)17-7-13-20(24)14-8-17/h2-14,22-24H,1H2. The molecule has 0 atom stereocenters. The number of phenols is 3. The van der Waals surface area contributed by atoms with Gasteiger partial charge in [-0.25, -0.2) is 0 Å². The Kier molecular flexibility index (Phi) is 4.00. The van der Waals surface area contributed by atoms with Crippen molar-refractivity contribution >= 4 is 0 Å². The smallest absolute Gasteiger partial charge is 0.115 e. The van der Waals surface area contributed by atoms with Gasteiger partial charge >= 0.3 is 0 Å². The van der Waals surface area contributed by atoms with Crippen molar-refractivity contribution in [3.8, 4) is 17.2 Å². The van der Waals surface area contributed by atoms with Gasteiger partial charge in [-0.3, -0.25) is 0 Å². The molecule has 120 valence electrons. The summed E-state index contributed by atoms with van der Waals surface area (Å²) in [5.41, 5.74) is 2.10. The first kappa shape index (κ1) is 15.7. The molecule has 0 heterocycles. The molecule has 0 unspecified atom stereocenters. The average molecular weight is 318 g/mol. The Labute approximate surface area is 140 Å². The van der Waals surface area contributed by atoms with Crippen LogP contribution in [0.3, 0.4) is 0 Å². The highest BCUT2D eigenvalue weighted by atomic mass is 16.3. The van der Waals surface area contributed by atoms with Crippen molar-refractivity contribution < 1.29 is 15.3 Å². The fourth-order valence-electron chi connectivity index (χ4n) is 3.03. The molecule has 0 saturated carbocycles. The third-order valence-electron chi connectivity index (χ3n) is 4.27. The lowest BCUT2D eigenvalue weighted by Crippen LogP contribution is -2.26. The van der Waals surface area contributed by atoms with Gasteiger partial charge in [-0.15, -0.1) is 6.58 Å². The molecule has 3 aromatic rings. The number of allylic oxidation sites excluding steroid dienone is 1. The fraction of sp³-hybridized carbons (Fsp3) is 0.0476. The van der Waals surface area contributed by atoms with Crippen LogP contribution < -0.4 is 0 Å². The largest absolute Gasteiger partial charge is 0.508 e. The van der Waals surface area contributed by atoms with Crippen molar-refractivity contribution in [1.29, 1.82) is 0 Å². The molecule has 0 aliphatic rings. The second-order valence-corrected chi connectivity index (χ2v) is 5.65. The highest BCUT2D eigenvalue weighted by Gasteiger charge is 2.33. The molecule has 0 radical (unpaired) electrons. The van der Waals surface area contributed by atoms with Crippen molar-refractivity contribution in [2.45, 2.75) is 5.41 Å². The molecule has 0 spiro atoms. The number of hydrogen-bond donors (Lipinski definition) is 3. The average Bonchev–Trinajstić information content (AvgIpc) is 2.60. The van der Waals surface area contributed by atoms with Gasteiger partial charge in [0.1, 0.15) is 17.2 Å². The molecule has 0 aliphatic carbocycles. The molecule has 0 aromatic heterocycles. The van der Waals surface area contributed by atoms with Gasteiger partial charge in [0.2, 0.25) is 0 Å². The molecule has 3 heteroatoms. The molecule has 24 heavy (non-hydrogen) atoms. The summed E-state index contributed by atoms with van der Waals surface area (Å²) in [5, 5.41) is 28.9. The number of aromatic hydroxyl groups is 3. The van der Waals surface area contributed by atoms with Crippen LogP contribution in [0.15, 0.2) is 85.5 Å². The number of hydrogen-bond acceptors (Lipinski definition) is 3. The van der Waals surface area contributed by atoms with Crippen LogP contribution in [-0.2, 0) is 5.41 Å². The van der Waals surface area contributed by atoms with Crippen LogP contribution in [0.2, 0.25) is 0 Å². The Morgan fingerprint density at radius 3 is 1.00 bits per heavy atom. The van der Waals surface area contributed by atoms with Gasteiger partial charge in [-0.05, 0) is 53.1 Å². The maximum atomic E-state index is 9.62. The van der Waals surface area contributed by atoms with Crippen molar-refractivity contribution in [3.05, 3.63) is 102 Å². The second-order valence-electron chi connectivity index (χ2n) is 5.65. The van der Waals surface area contributed by atoms with E-state index in [1.807, 2.05) is 42.5 Å². The molecule has 0 saturated heterocycles. The zero-order valence-corrected chi connectivity index (χ0v) is 13.1. The Balaban J connectivity index is 2.29. The number of phenolic OH excluding ortho intramolecular Hbond substituents is 3. The van der Waals surface area contributed by atoms with Crippen molar-refractivity contribution in [2.75, 3.05) is 0 Å². The van der Waals surface area contributed by atoms with E-state index in [0.717, 1.165) is 16.7 Å². The van der Waals surface area contributed by atoms with Crippen molar-refractivity contribution in [2.24, 2.45) is 0 Å². The van der Waals surface area contributed by atoms with Crippen molar-refractivity contribution in [3.63, 3.8) is 0 Å². The maximum Gasteiger partial charge on any atom is 0.115 e. The van der Waals surface area contributed by atoms with E-state index in [2.05, 4.69) is 6.58 Å². The van der Waals surface area contributed by atoms with Gasteiger partial charge in [0, 0.05) is 0 Å². The third kappa shape index (κ3) is 2.61. The molecule has 0 amide bonds. The Hall–Kier alpha value is -3.20. The van der Waals surface area contributed by atoms with Crippen LogP contribution in [0.4, 0.5) is 0 Å². The Morgan fingerprint density at radius 1 is 0.542 bits per heavy atom. The van der Waals surface area contributed by atoms with Gasteiger partial charge < -0.3 is 15.3 Å². The van der Waals surface area contributed by atoms with Crippen LogP contribution in [0.1, 0.15) is 16.7 Å². The topological polar surface area (TPSA) is 60.7 Å². The van der Waals surface area contributed by atoms with E-state index in [1.165, 1.54) is 0 Å². The molecule has 0 aliphatic heterocycles.